The molecule has 0 spiro atoms. The molecule has 0 aromatic heterocycles. The van der Waals surface area contributed by atoms with Gasteiger partial charge in [-0.1, -0.05) is 71.1 Å². The molecule has 0 saturated carbocycles. The van der Waals surface area contributed by atoms with E-state index in [-0.39, 0.29) is 5.91 Å². The van der Waals surface area contributed by atoms with Crippen molar-refractivity contribution >= 4 is 5.91 Å². The van der Waals surface area contributed by atoms with Gasteiger partial charge in [0.15, 0.2) is 0 Å². The van der Waals surface area contributed by atoms with E-state index in [2.05, 4.69) is 36.6 Å². The zero-order valence-electron chi connectivity index (χ0n) is 18.0. The molecule has 25 heavy (non-hydrogen) atoms. The van der Waals surface area contributed by atoms with E-state index >= 15 is 0 Å². The SMILES string of the molecule is CCCCCCCCCCCCCC(=O)NCCCN(C)C.CNC. The topological polar surface area (TPSA) is 44.4 Å². The van der Waals surface area contributed by atoms with Gasteiger partial charge < -0.3 is 15.5 Å². The standard InChI is InChI=1S/C19H40N2O.C2H7N/c1-4-5-6-7-8-9-10-11-12-13-14-16-19(22)20-17-15-18-21(2)3;1-3-2/h4-18H2,1-3H3,(H,20,22);3H,1-2H3. The minimum Gasteiger partial charge on any atom is -0.356 e. The summed E-state index contributed by atoms with van der Waals surface area (Å²) in [5.41, 5.74) is 0. The van der Waals surface area contributed by atoms with Crippen LogP contribution in [-0.4, -0.2) is 52.1 Å². The molecule has 0 saturated heterocycles. The average molecular weight is 358 g/mol. The number of unbranched alkanes of at least 4 members (excludes halogenated alkanes) is 10. The molecule has 0 heterocycles. The lowest BCUT2D eigenvalue weighted by molar-refractivity contribution is -0.121. The fraction of sp³-hybridized carbons (Fsp3) is 0.952. The molecule has 0 bridgehead atoms. The van der Waals surface area contributed by atoms with Crippen molar-refractivity contribution in [2.45, 2.75) is 90.4 Å². The van der Waals surface area contributed by atoms with E-state index < -0.39 is 0 Å². The molecule has 152 valence electrons. The van der Waals surface area contributed by atoms with Crippen LogP contribution in [0.1, 0.15) is 90.4 Å². The van der Waals surface area contributed by atoms with Gasteiger partial charge in [0.05, 0.1) is 0 Å². The molecule has 2 N–H and O–H groups in total. The number of hydrogen-bond donors (Lipinski definition) is 2. The van der Waals surface area contributed by atoms with Crippen LogP contribution < -0.4 is 10.6 Å². The number of hydrogen-bond acceptors (Lipinski definition) is 3. The number of carbonyl (C=O) groups excluding carboxylic acids is 1. The van der Waals surface area contributed by atoms with Gasteiger partial charge in [-0.15, -0.1) is 0 Å². The first-order valence-electron chi connectivity index (χ1n) is 10.6. The number of rotatable bonds is 16. The Balaban J connectivity index is 0. The highest BCUT2D eigenvalue weighted by Crippen LogP contribution is 2.11. The van der Waals surface area contributed by atoms with Gasteiger partial charge in [-0.3, -0.25) is 4.79 Å². The minimum atomic E-state index is 0.231. The molecule has 0 atom stereocenters. The number of amides is 1. The lowest BCUT2D eigenvalue weighted by Gasteiger charge is -2.09. The monoisotopic (exact) mass is 357 g/mol. The molecule has 0 aromatic carbocycles. The van der Waals surface area contributed by atoms with Crippen LogP contribution in [0.2, 0.25) is 0 Å². The van der Waals surface area contributed by atoms with Crippen LogP contribution in [-0.2, 0) is 4.79 Å². The summed E-state index contributed by atoms with van der Waals surface area (Å²) in [7, 11) is 7.88. The summed E-state index contributed by atoms with van der Waals surface area (Å²) >= 11 is 0. The second kappa shape index (κ2) is 23.4. The van der Waals surface area contributed by atoms with Gasteiger partial charge in [-0.25, -0.2) is 0 Å². The minimum absolute atomic E-state index is 0.231. The highest BCUT2D eigenvalue weighted by molar-refractivity contribution is 5.75. The molecular formula is C21H47N3O. The summed E-state index contributed by atoms with van der Waals surface area (Å²) in [5.74, 6) is 0.231. The summed E-state index contributed by atoms with van der Waals surface area (Å²) < 4.78 is 0. The maximum atomic E-state index is 11.6. The fourth-order valence-corrected chi connectivity index (χ4v) is 2.66. The average Bonchev–Trinajstić information content (AvgIpc) is 2.57. The molecule has 4 nitrogen and oxygen atoms in total. The maximum Gasteiger partial charge on any atom is 0.219 e. The van der Waals surface area contributed by atoms with Crippen LogP contribution in [0, 0.1) is 0 Å². The Hall–Kier alpha value is -0.610. The maximum absolute atomic E-state index is 11.6. The largest absolute Gasteiger partial charge is 0.356 e. The molecule has 0 aliphatic heterocycles. The van der Waals surface area contributed by atoms with E-state index in [9.17, 15) is 4.79 Å². The Morgan fingerprint density at radius 1 is 0.760 bits per heavy atom. The number of nitrogens with one attached hydrogen (secondary N) is 2. The zero-order chi connectivity index (χ0) is 19.2. The van der Waals surface area contributed by atoms with E-state index in [1.807, 2.05) is 14.1 Å². The van der Waals surface area contributed by atoms with E-state index in [1.54, 1.807) is 0 Å². The Morgan fingerprint density at radius 2 is 1.20 bits per heavy atom. The van der Waals surface area contributed by atoms with Crippen molar-refractivity contribution in [2.75, 3.05) is 41.3 Å². The summed E-state index contributed by atoms with van der Waals surface area (Å²) in [4.78, 5) is 13.8. The van der Waals surface area contributed by atoms with Crippen LogP contribution in [0.15, 0.2) is 0 Å². The number of nitrogens with zero attached hydrogens (tertiary/aromatic N) is 1. The predicted molar refractivity (Wildman–Crippen MR) is 112 cm³/mol. The summed E-state index contributed by atoms with van der Waals surface area (Å²) in [5, 5.41) is 5.76. The second-order valence-corrected chi connectivity index (χ2v) is 7.29. The molecule has 0 aliphatic rings. The van der Waals surface area contributed by atoms with Gasteiger partial charge in [-0.05, 0) is 47.6 Å². The molecule has 0 fully saturated rings. The lowest BCUT2D eigenvalue weighted by atomic mass is 10.1. The fourth-order valence-electron chi connectivity index (χ4n) is 2.66. The van der Waals surface area contributed by atoms with Crippen molar-refractivity contribution < 1.29 is 4.79 Å². The Labute approximate surface area is 158 Å². The quantitative estimate of drug-likeness (QED) is 0.397. The van der Waals surface area contributed by atoms with Crippen LogP contribution >= 0.6 is 0 Å². The molecule has 0 aliphatic carbocycles. The van der Waals surface area contributed by atoms with Crippen LogP contribution in [0.5, 0.6) is 0 Å². The highest BCUT2D eigenvalue weighted by Gasteiger charge is 2.00. The Bertz CT molecular complexity index is 258. The molecule has 0 rings (SSSR count). The summed E-state index contributed by atoms with van der Waals surface area (Å²) in [6.07, 6.45) is 16.4. The molecule has 0 aromatic rings. The first-order valence-corrected chi connectivity index (χ1v) is 10.6. The van der Waals surface area contributed by atoms with Crippen molar-refractivity contribution in [1.29, 1.82) is 0 Å². The van der Waals surface area contributed by atoms with Gasteiger partial charge >= 0.3 is 0 Å². The van der Waals surface area contributed by atoms with Crippen molar-refractivity contribution in [3.05, 3.63) is 0 Å². The van der Waals surface area contributed by atoms with E-state index in [4.69, 9.17) is 0 Å². The van der Waals surface area contributed by atoms with E-state index in [0.29, 0.717) is 6.42 Å². The predicted octanol–water partition coefficient (Wildman–Crippen LogP) is 4.59. The van der Waals surface area contributed by atoms with Crippen molar-refractivity contribution in [3.8, 4) is 0 Å². The van der Waals surface area contributed by atoms with Gasteiger partial charge in [-0.2, -0.15) is 0 Å². The highest BCUT2D eigenvalue weighted by atomic mass is 16.1. The van der Waals surface area contributed by atoms with Gasteiger partial charge in [0.1, 0.15) is 0 Å². The first-order chi connectivity index (χ1) is 12.1. The lowest BCUT2D eigenvalue weighted by Crippen LogP contribution is -2.26. The first kappa shape index (κ1) is 26.6. The third-order valence-corrected chi connectivity index (χ3v) is 4.11. The molecule has 0 radical (unpaired) electrons. The van der Waals surface area contributed by atoms with Crippen molar-refractivity contribution in [3.63, 3.8) is 0 Å². The van der Waals surface area contributed by atoms with Gasteiger partial charge in [0.2, 0.25) is 5.91 Å². The molecular weight excluding hydrogens is 310 g/mol. The number of carbonyl (C=O) groups is 1. The molecule has 1 amide bonds. The third-order valence-electron chi connectivity index (χ3n) is 4.11. The summed E-state index contributed by atoms with van der Waals surface area (Å²) in [6.45, 7) is 4.12. The van der Waals surface area contributed by atoms with Crippen molar-refractivity contribution in [2.24, 2.45) is 0 Å². The second-order valence-electron chi connectivity index (χ2n) is 7.29. The van der Waals surface area contributed by atoms with Crippen LogP contribution in [0.25, 0.3) is 0 Å². The van der Waals surface area contributed by atoms with Crippen LogP contribution in [0.3, 0.4) is 0 Å². The molecule has 0 unspecified atom stereocenters. The zero-order valence-corrected chi connectivity index (χ0v) is 18.0. The van der Waals surface area contributed by atoms with Gasteiger partial charge in [0.25, 0.3) is 0 Å². The molecule has 4 heteroatoms. The Morgan fingerprint density at radius 3 is 1.64 bits per heavy atom. The normalized spacial score (nSPS) is 10.5. The van der Waals surface area contributed by atoms with E-state index in [1.165, 1.54) is 64.2 Å². The van der Waals surface area contributed by atoms with Crippen molar-refractivity contribution in [1.82, 2.24) is 15.5 Å². The van der Waals surface area contributed by atoms with E-state index in [0.717, 1.165) is 25.9 Å². The summed E-state index contributed by atoms with van der Waals surface area (Å²) in [6, 6.07) is 0. The van der Waals surface area contributed by atoms with Gasteiger partial charge in [0, 0.05) is 13.0 Å². The van der Waals surface area contributed by atoms with Crippen LogP contribution in [0.4, 0.5) is 0 Å². The smallest absolute Gasteiger partial charge is 0.219 e. The third kappa shape index (κ3) is 28.5. The Kier molecular flexibility index (Phi) is 24.9.